The van der Waals surface area contributed by atoms with Crippen molar-refractivity contribution in [3.05, 3.63) is 54.4 Å². The lowest BCUT2D eigenvalue weighted by molar-refractivity contribution is 0.416. The first-order valence-corrected chi connectivity index (χ1v) is 6.28. The number of ether oxygens (including phenoxy) is 1. The van der Waals surface area contributed by atoms with E-state index >= 15 is 0 Å². The molecule has 0 bridgehead atoms. The van der Waals surface area contributed by atoms with Gasteiger partial charge in [0.2, 0.25) is 0 Å². The van der Waals surface area contributed by atoms with Gasteiger partial charge in [0.05, 0.1) is 13.3 Å². The number of rotatable bonds is 3. The van der Waals surface area contributed by atoms with E-state index in [1.54, 1.807) is 11.8 Å². The summed E-state index contributed by atoms with van der Waals surface area (Å²) in [5, 5.41) is 8.32. The summed E-state index contributed by atoms with van der Waals surface area (Å²) in [5.74, 6) is 1.52. The van der Waals surface area contributed by atoms with E-state index in [2.05, 4.69) is 15.3 Å². The average Bonchev–Trinajstić information content (AvgIpc) is 2.97. The molecule has 100 valence electrons. The summed E-state index contributed by atoms with van der Waals surface area (Å²) >= 11 is 0. The fraction of sp³-hybridized carbons (Fsp3) is 0.133. The predicted molar refractivity (Wildman–Crippen MR) is 75.9 cm³/mol. The third-order valence-electron chi connectivity index (χ3n) is 2.98. The van der Waals surface area contributed by atoms with Crippen LogP contribution in [0.1, 0.15) is 5.69 Å². The van der Waals surface area contributed by atoms with Crippen molar-refractivity contribution < 1.29 is 4.74 Å². The maximum Gasteiger partial charge on any atom is 0.155 e. The maximum atomic E-state index is 5.34. The molecule has 0 unspecified atom stereocenters. The fourth-order valence-corrected chi connectivity index (χ4v) is 2.01. The van der Waals surface area contributed by atoms with Gasteiger partial charge in [-0.05, 0) is 31.2 Å². The van der Waals surface area contributed by atoms with Crippen molar-refractivity contribution >= 4 is 0 Å². The third-order valence-corrected chi connectivity index (χ3v) is 2.98. The number of hydrogen-bond acceptors (Lipinski definition) is 4. The molecule has 2 aromatic heterocycles. The van der Waals surface area contributed by atoms with Gasteiger partial charge in [0.1, 0.15) is 11.4 Å². The molecule has 5 heteroatoms. The molecule has 0 saturated heterocycles. The smallest absolute Gasteiger partial charge is 0.155 e. The Bertz CT molecular complexity index is 736. The number of aromatic nitrogens is 4. The Morgan fingerprint density at radius 3 is 2.70 bits per heavy atom. The summed E-state index contributed by atoms with van der Waals surface area (Å²) in [4.78, 5) is 4.42. The van der Waals surface area contributed by atoms with Gasteiger partial charge in [-0.2, -0.15) is 0 Å². The summed E-state index contributed by atoms with van der Waals surface area (Å²) in [6.45, 7) is 1.95. The van der Waals surface area contributed by atoms with Crippen LogP contribution in [0.15, 0.2) is 48.7 Å². The van der Waals surface area contributed by atoms with E-state index in [0.717, 1.165) is 28.5 Å². The highest BCUT2D eigenvalue weighted by atomic mass is 16.5. The molecule has 0 N–H and O–H groups in total. The molecule has 0 spiro atoms. The van der Waals surface area contributed by atoms with Crippen LogP contribution >= 0.6 is 0 Å². The van der Waals surface area contributed by atoms with Crippen molar-refractivity contribution in [2.24, 2.45) is 0 Å². The normalized spacial score (nSPS) is 10.5. The van der Waals surface area contributed by atoms with E-state index in [1.807, 2.05) is 55.6 Å². The molecule has 0 aliphatic rings. The Labute approximate surface area is 116 Å². The Balaban J connectivity index is 2.02. The summed E-state index contributed by atoms with van der Waals surface area (Å²) in [6.07, 6.45) is 1.85. The van der Waals surface area contributed by atoms with Crippen LogP contribution in [-0.4, -0.2) is 27.1 Å². The van der Waals surface area contributed by atoms with Crippen molar-refractivity contribution in [2.75, 3.05) is 7.11 Å². The number of aryl methyl sites for hydroxylation is 1. The highest BCUT2D eigenvalue weighted by Gasteiger charge is 2.10. The Morgan fingerprint density at radius 1 is 1.05 bits per heavy atom. The number of nitrogens with zero attached hydrogens (tertiary/aromatic N) is 4. The molecule has 0 aliphatic carbocycles. The lowest BCUT2D eigenvalue weighted by atomic mass is 10.1. The molecule has 0 atom stereocenters. The summed E-state index contributed by atoms with van der Waals surface area (Å²) in [6, 6.07) is 13.5. The fourth-order valence-electron chi connectivity index (χ4n) is 2.01. The van der Waals surface area contributed by atoms with Crippen molar-refractivity contribution in [3.63, 3.8) is 0 Å². The number of pyridine rings is 1. The summed E-state index contributed by atoms with van der Waals surface area (Å²) in [5.41, 5.74) is 2.61. The first-order valence-electron chi connectivity index (χ1n) is 6.28. The van der Waals surface area contributed by atoms with Crippen LogP contribution in [0.3, 0.4) is 0 Å². The second kappa shape index (κ2) is 5.13. The van der Waals surface area contributed by atoms with Crippen molar-refractivity contribution in [3.8, 4) is 22.8 Å². The quantitative estimate of drug-likeness (QED) is 0.731. The van der Waals surface area contributed by atoms with E-state index in [0.29, 0.717) is 0 Å². The molecule has 2 heterocycles. The lowest BCUT2D eigenvalue weighted by Crippen LogP contribution is -1.98. The second-order valence-corrected chi connectivity index (χ2v) is 4.39. The van der Waals surface area contributed by atoms with Gasteiger partial charge in [0.25, 0.3) is 0 Å². The first-order chi connectivity index (χ1) is 9.78. The highest BCUT2D eigenvalue weighted by molar-refractivity contribution is 5.66. The van der Waals surface area contributed by atoms with E-state index in [1.165, 1.54) is 0 Å². The number of methoxy groups -OCH3 is 1. The first kappa shape index (κ1) is 12.3. The van der Waals surface area contributed by atoms with Crippen molar-refractivity contribution in [2.45, 2.75) is 6.92 Å². The molecule has 20 heavy (non-hydrogen) atoms. The van der Waals surface area contributed by atoms with Gasteiger partial charge < -0.3 is 4.74 Å². The van der Waals surface area contributed by atoms with Gasteiger partial charge in [0, 0.05) is 11.3 Å². The molecular weight excluding hydrogens is 252 g/mol. The molecule has 3 rings (SSSR count). The van der Waals surface area contributed by atoms with Crippen LogP contribution in [0.2, 0.25) is 0 Å². The van der Waals surface area contributed by atoms with Crippen LogP contribution in [0.5, 0.6) is 5.75 Å². The Morgan fingerprint density at radius 2 is 1.90 bits per heavy atom. The van der Waals surface area contributed by atoms with Crippen molar-refractivity contribution in [1.29, 1.82) is 0 Å². The van der Waals surface area contributed by atoms with Crippen LogP contribution < -0.4 is 4.74 Å². The molecule has 0 amide bonds. The van der Waals surface area contributed by atoms with E-state index < -0.39 is 0 Å². The molecule has 3 aromatic rings. The zero-order valence-electron chi connectivity index (χ0n) is 11.3. The number of benzene rings is 1. The van der Waals surface area contributed by atoms with Gasteiger partial charge in [0.15, 0.2) is 5.82 Å². The van der Waals surface area contributed by atoms with Crippen LogP contribution in [-0.2, 0) is 0 Å². The summed E-state index contributed by atoms with van der Waals surface area (Å²) in [7, 11) is 1.64. The van der Waals surface area contributed by atoms with Gasteiger partial charge in [-0.3, -0.25) is 0 Å². The molecule has 1 aromatic carbocycles. The summed E-state index contributed by atoms with van der Waals surface area (Å²) < 4.78 is 7.00. The molecule has 0 radical (unpaired) electrons. The molecule has 0 aliphatic heterocycles. The largest absolute Gasteiger partial charge is 0.496 e. The minimum Gasteiger partial charge on any atom is -0.496 e. The molecule has 5 nitrogen and oxygen atoms in total. The van der Waals surface area contributed by atoms with Gasteiger partial charge in [-0.15, -0.1) is 5.10 Å². The number of hydrogen-bond donors (Lipinski definition) is 0. The average molecular weight is 266 g/mol. The molecular formula is C15H14N4O. The van der Waals surface area contributed by atoms with Gasteiger partial charge in [-0.1, -0.05) is 23.4 Å². The Hall–Kier alpha value is -2.69. The van der Waals surface area contributed by atoms with Crippen LogP contribution in [0.25, 0.3) is 17.1 Å². The lowest BCUT2D eigenvalue weighted by Gasteiger charge is -2.04. The maximum absolute atomic E-state index is 5.34. The van der Waals surface area contributed by atoms with E-state index in [4.69, 9.17) is 4.74 Å². The zero-order chi connectivity index (χ0) is 13.9. The minimum atomic E-state index is 0.749. The minimum absolute atomic E-state index is 0.749. The topological polar surface area (TPSA) is 52.8 Å². The number of para-hydroxylation sites is 1. The Kier molecular flexibility index (Phi) is 3.16. The van der Waals surface area contributed by atoms with E-state index in [-0.39, 0.29) is 0 Å². The monoisotopic (exact) mass is 266 g/mol. The van der Waals surface area contributed by atoms with Gasteiger partial charge in [-0.25, -0.2) is 9.67 Å². The molecule has 0 fully saturated rings. The third kappa shape index (κ3) is 2.25. The second-order valence-electron chi connectivity index (χ2n) is 4.39. The zero-order valence-corrected chi connectivity index (χ0v) is 11.3. The standard InChI is InChI=1S/C15H14N4O/c1-11-6-5-9-15(16-11)19-10-13(17-18-19)12-7-3-4-8-14(12)20-2/h3-10H,1-2H3. The SMILES string of the molecule is COc1ccccc1-c1cn(-c2cccc(C)n2)nn1. The van der Waals surface area contributed by atoms with E-state index in [9.17, 15) is 0 Å². The van der Waals surface area contributed by atoms with Crippen molar-refractivity contribution in [1.82, 2.24) is 20.0 Å². The van der Waals surface area contributed by atoms with Gasteiger partial charge >= 0.3 is 0 Å². The van der Waals surface area contributed by atoms with Crippen LogP contribution in [0.4, 0.5) is 0 Å². The highest BCUT2D eigenvalue weighted by Crippen LogP contribution is 2.27. The van der Waals surface area contributed by atoms with Crippen LogP contribution in [0, 0.1) is 6.92 Å². The molecule has 0 saturated carbocycles. The predicted octanol–water partition coefficient (Wildman–Crippen LogP) is 2.65.